The summed E-state index contributed by atoms with van der Waals surface area (Å²) in [6, 6.07) is 14.1. The van der Waals surface area contributed by atoms with Gasteiger partial charge in [-0.05, 0) is 48.7 Å². The molecule has 1 aliphatic carbocycles. The first-order valence-electron chi connectivity index (χ1n) is 11.9. The van der Waals surface area contributed by atoms with Crippen molar-refractivity contribution in [3.05, 3.63) is 78.6 Å². The predicted octanol–water partition coefficient (Wildman–Crippen LogP) is 3.63. The van der Waals surface area contributed by atoms with Crippen LogP contribution in [0, 0.1) is 5.82 Å². The van der Waals surface area contributed by atoms with Crippen LogP contribution < -0.4 is 15.8 Å². The van der Waals surface area contributed by atoms with Crippen molar-refractivity contribution in [3.8, 4) is 5.75 Å². The summed E-state index contributed by atoms with van der Waals surface area (Å²) >= 11 is 0. The number of nitrogens with two attached hydrogens (primary N) is 1. The summed E-state index contributed by atoms with van der Waals surface area (Å²) in [5, 5.41) is 23.3. The number of nitrogens with one attached hydrogen (secondary N) is 1. The van der Waals surface area contributed by atoms with Gasteiger partial charge in [0, 0.05) is 35.8 Å². The molecule has 10 heteroatoms. The molecular formula is C26H26FN7O2. The molecule has 0 spiro atoms. The van der Waals surface area contributed by atoms with E-state index in [9.17, 15) is 9.50 Å². The number of fused-ring (bicyclic) bond motifs is 2. The van der Waals surface area contributed by atoms with Crippen molar-refractivity contribution in [1.29, 1.82) is 0 Å². The van der Waals surface area contributed by atoms with Gasteiger partial charge in [-0.25, -0.2) is 13.9 Å². The Kier molecular flexibility index (Phi) is 5.74. The molecule has 5 aromatic rings. The SMILES string of the molecule is N[C@H]1CCC(Oc2ccn3ncnc(Nc4ccc5c(cnn5Cc5cccc(F)c5)c4)c23)CC1O. The first-order chi connectivity index (χ1) is 17.5. The third-order valence-corrected chi connectivity index (χ3v) is 6.66. The number of aliphatic hydroxyl groups excluding tert-OH is 1. The standard InChI is InChI=1S/C26H26FN7O2/c27-18-3-1-2-16(10-18)14-34-22-7-4-19(11-17(22)13-30-34)32-26-25-24(8-9-33(25)31-15-29-26)36-20-5-6-21(28)23(35)12-20/h1-4,7-11,13,15,20-21,23,35H,5-6,12,14,28H2,(H,29,31,32)/t20?,21-,23?/m0/s1. The highest BCUT2D eigenvalue weighted by Gasteiger charge is 2.28. The van der Waals surface area contributed by atoms with Gasteiger partial charge in [0.25, 0.3) is 0 Å². The highest BCUT2D eigenvalue weighted by Crippen LogP contribution is 2.32. The number of ether oxygens (including phenoxy) is 1. The maximum Gasteiger partial charge on any atom is 0.162 e. The molecule has 1 fully saturated rings. The number of hydrogen-bond acceptors (Lipinski definition) is 7. The van der Waals surface area contributed by atoms with E-state index in [1.54, 1.807) is 16.8 Å². The lowest BCUT2D eigenvalue weighted by atomic mass is 9.91. The van der Waals surface area contributed by atoms with Gasteiger partial charge in [0.15, 0.2) is 11.6 Å². The van der Waals surface area contributed by atoms with Gasteiger partial charge >= 0.3 is 0 Å². The summed E-state index contributed by atoms with van der Waals surface area (Å²) in [7, 11) is 0. The molecule has 184 valence electrons. The Balaban J connectivity index is 1.25. The lowest BCUT2D eigenvalue weighted by Gasteiger charge is -2.30. The van der Waals surface area contributed by atoms with Crippen LogP contribution in [0.5, 0.6) is 5.75 Å². The van der Waals surface area contributed by atoms with E-state index in [0.29, 0.717) is 36.5 Å². The fourth-order valence-electron chi connectivity index (χ4n) is 4.77. The van der Waals surface area contributed by atoms with Crippen LogP contribution >= 0.6 is 0 Å². The van der Waals surface area contributed by atoms with E-state index >= 15 is 0 Å². The minimum absolute atomic E-state index is 0.126. The Hall–Kier alpha value is -4.02. The molecular weight excluding hydrogens is 461 g/mol. The van der Waals surface area contributed by atoms with E-state index in [1.807, 2.05) is 41.2 Å². The second-order valence-corrected chi connectivity index (χ2v) is 9.20. The fourth-order valence-corrected chi connectivity index (χ4v) is 4.77. The largest absolute Gasteiger partial charge is 0.488 e. The van der Waals surface area contributed by atoms with Crippen LogP contribution in [-0.2, 0) is 6.54 Å². The monoisotopic (exact) mass is 487 g/mol. The smallest absolute Gasteiger partial charge is 0.162 e. The average Bonchev–Trinajstić information content (AvgIpc) is 3.46. The zero-order valence-corrected chi connectivity index (χ0v) is 19.5. The van der Waals surface area contributed by atoms with Crippen molar-refractivity contribution in [1.82, 2.24) is 24.4 Å². The van der Waals surface area contributed by atoms with Crippen LogP contribution in [0.15, 0.2) is 67.3 Å². The van der Waals surface area contributed by atoms with Gasteiger partial charge in [-0.1, -0.05) is 12.1 Å². The summed E-state index contributed by atoms with van der Waals surface area (Å²) in [5.74, 6) is 0.989. The van der Waals surface area contributed by atoms with E-state index in [-0.39, 0.29) is 18.0 Å². The van der Waals surface area contributed by atoms with Crippen LogP contribution in [0.4, 0.5) is 15.9 Å². The second kappa shape index (κ2) is 9.21. The van der Waals surface area contributed by atoms with E-state index in [0.717, 1.165) is 28.6 Å². The van der Waals surface area contributed by atoms with Gasteiger partial charge in [0.1, 0.15) is 23.8 Å². The Morgan fingerprint density at radius 1 is 1.14 bits per heavy atom. The molecule has 2 aromatic carbocycles. The van der Waals surface area contributed by atoms with E-state index in [2.05, 4.69) is 20.5 Å². The summed E-state index contributed by atoms with van der Waals surface area (Å²) in [4.78, 5) is 4.46. The normalized spacial score (nSPS) is 20.1. The average molecular weight is 488 g/mol. The molecule has 1 aliphatic rings. The Morgan fingerprint density at radius 3 is 2.92 bits per heavy atom. The predicted molar refractivity (Wildman–Crippen MR) is 134 cm³/mol. The number of nitrogens with zero attached hydrogens (tertiary/aromatic N) is 5. The van der Waals surface area contributed by atoms with Crippen molar-refractivity contribution in [2.45, 2.75) is 44.1 Å². The molecule has 0 aliphatic heterocycles. The maximum atomic E-state index is 13.6. The first-order valence-corrected chi connectivity index (χ1v) is 11.9. The second-order valence-electron chi connectivity index (χ2n) is 9.20. The van der Waals surface area contributed by atoms with Crippen molar-refractivity contribution in [2.75, 3.05) is 5.32 Å². The number of anilines is 2. The van der Waals surface area contributed by atoms with E-state index < -0.39 is 6.10 Å². The zero-order chi connectivity index (χ0) is 24.6. The third-order valence-electron chi connectivity index (χ3n) is 6.66. The highest BCUT2D eigenvalue weighted by molar-refractivity contribution is 5.86. The molecule has 9 nitrogen and oxygen atoms in total. The van der Waals surface area contributed by atoms with E-state index in [1.165, 1.54) is 18.5 Å². The molecule has 6 rings (SSSR count). The van der Waals surface area contributed by atoms with Gasteiger partial charge in [-0.15, -0.1) is 0 Å². The Labute approximate surface area is 206 Å². The molecule has 2 unspecified atom stereocenters. The Morgan fingerprint density at radius 2 is 2.06 bits per heavy atom. The van der Waals surface area contributed by atoms with Crippen molar-refractivity contribution < 1.29 is 14.2 Å². The third kappa shape index (κ3) is 4.36. The van der Waals surface area contributed by atoms with Gasteiger partial charge in [0.2, 0.25) is 0 Å². The molecule has 0 radical (unpaired) electrons. The lowest BCUT2D eigenvalue weighted by Crippen LogP contribution is -2.43. The summed E-state index contributed by atoms with van der Waals surface area (Å²) in [5.41, 5.74) is 9.27. The molecule has 3 atom stereocenters. The minimum Gasteiger partial charge on any atom is -0.488 e. The van der Waals surface area contributed by atoms with Crippen molar-refractivity contribution in [2.24, 2.45) is 5.73 Å². The molecule has 0 bridgehead atoms. The molecule has 3 heterocycles. The zero-order valence-electron chi connectivity index (χ0n) is 19.5. The Bertz CT molecular complexity index is 1530. The van der Waals surface area contributed by atoms with E-state index in [4.69, 9.17) is 10.5 Å². The molecule has 3 aromatic heterocycles. The van der Waals surface area contributed by atoms with Crippen LogP contribution in [-0.4, -0.2) is 47.7 Å². The number of aromatic nitrogens is 5. The number of benzene rings is 2. The highest BCUT2D eigenvalue weighted by atomic mass is 19.1. The van der Waals surface area contributed by atoms with Crippen LogP contribution in [0.2, 0.25) is 0 Å². The van der Waals surface area contributed by atoms with Gasteiger partial charge in [-0.3, -0.25) is 4.68 Å². The quantitative estimate of drug-likeness (QED) is 0.335. The summed E-state index contributed by atoms with van der Waals surface area (Å²) in [6.45, 7) is 0.478. The topological polar surface area (TPSA) is 116 Å². The number of rotatable bonds is 6. The molecule has 36 heavy (non-hydrogen) atoms. The van der Waals surface area contributed by atoms with Gasteiger partial charge < -0.3 is 20.9 Å². The molecule has 0 saturated heterocycles. The van der Waals surface area contributed by atoms with Gasteiger partial charge in [-0.2, -0.15) is 10.2 Å². The molecule has 4 N–H and O–H groups in total. The summed E-state index contributed by atoms with van der Waals surface area (Å²) < 4.78 is 23.4. The lowest BCUT2D eigenvalue weighted by molar-refractivity contribution is 0.0399. The molecule has 0 amide bonds. The van der Waals surface area contributed by atoms with Crippen molar-refractivity contribution >= 4 is 27.9 Å². The first kappa shape index (κ1) is 22.4. The van der Waals surface area contributed by atoms with Gasteiger partial charge in [0.05, 0.1) is 24.4 Å². The molecule has 1 saturated carbocycles. The number of halogens is 1. The van der Waals surface area contributed by atoms with Crippen molar-refractivity contribution in [3.63, 3.8) is 0 Å². The summed E-state index contributed by atoms with van der Waals surface area (Å²) in [6.07, 6.45) is 6.39. The number of hydrogen-bond donors (Lipinski definition) is 3. The maximum absolute atomic E-state index is 13.6. The van der Waals surface area contributed by atoms with Crippen LogP contribution in [0.1, 0.15) is 24.8 Å². The van der Waals surface area contributed by atoms with Crippen LogP contribution in [0.3, 0.4) is 0 Å². The fraction of sp³-hybridized carbons (Fsp3) is 0.269. The minimum atomic E-state index is -0.569. The van der Waals surface area contributed by atoms with Crippen LogP contribution in [0.25, 0.3) is 16.4 Å². The number of aliphatic hydroxyl groups is 1.